The van der Waals surface area contributed by atoms with Crippen LogP contribution in [0.25, 0.3) is 0 Å². The van der Waals surface area contributed by atoms with Gasteiger partial charge in [-0.15, -0.1) is 0 Å². The molecule has 0 atom stereocenters. The maximum Gasteiger partial charge on any atom is 0.176 e. The molecule has 2 aromatic rings. The van der Waals surface area contributed by atoms with Gasteiger partial charge in [0.15, 0.2) is 13.8 Å². The van der Waals surface area contributed by atoms with Gasteiger partial charge in [0.2, 0.25) is 0 Å². The minimum Gasteiger partial charge on any atom is -0.258 e. The number of hydrogen-bond donors (Lipinski definition) is 1. The van der Waals surface area contributed by atoms with Crippen molar-refractivity contribution < 1.29 is 8.42 Å². The summed E-state index contributed by atoms with van der Waals surface area (Å²) in [5.74, 6) is -0.135. The van der Waals surface area contributed by atoms with E-state index in [0.29, 0.717) is 19.5 Å². The standard InChI is InChI=1S/C10H9ClN2O2S3/c11-8-3-1-7(2-4-8)5-18(14,15)6-9-12-13-10(16)17-9/h1-4H,5-6H2,(H,13,16). The predicted octanol–water partition coefficient (Wildman–Crippen LogP) is 2.97. The second-order valence-corrected chi connectivity index (χ2v) is 7.92. The van der Waals surface area contributed by atoms with E-state index >= 15 is 0 Å². The fraction of sp³-hybridized carbons (Fsp3) is 0.200. The van der Waals surface area contributed by atoms with Gasteiger partial charge in [0, 0.05) is 5.02 Å². The van der Waals surface area contributed by atoms with Crippen molar-refractivity contribution in [3.05, 3.63) is 43.8 Å². The molecule has 0 aliphatic rings. The molecule has 1 heterocycles. The van der Waals surface area contributed by atoms with Crippen LogP contribution in [0.5, 0.6) is 0 Å². The number of sulfone groups is 1. The molecule has 8 heteroatoms. The Balaban J connectivity index is 2.12. The summed E-state index contributed by atoms with van der Waals surface area (Å²) in [5, 5.41) is 7.47. The first kappa shape index (κ1) is 13.7. The van der Waals surface area contributed by atoms with E-state index in [4.69, 9.17) is 23.8 Å². The van der Waals surface area contributed by atoms with Crippen LogP contribution in [0.2, 0.25) is 5.02 Å². The number of aromatic nitrogens is 2. The summed E-state index contributed by atoms with van der Waals surface area (Å²) in [4.78, 5) is 0. The zero-order valence-electron chi connectivity index (χ0n) is 9.09. The van der Waals surface area contributed by atoms with E-state index < -0.39 is 9.84 Å². The first-order valence-electron chi connectivity index (χ1n) is 4.94. The van der Waals surface area contributed by atoms with Crippen molar-refractivity contribution >= 4 is 45.0 Å². The highest BCUT2D eigenvalue weighted by molar-refractivity contribution is 7.90. The lowest BCUT2D eigenvalue weighted by Crippen LogP contribution is -2.07. The molecular formula is C10H9ClN2O2S3. The Morgan fingerprint density at radius 1 is 1.28 bits per heavy atom. The van der Waals surface area contributed by atoms with Crippen LogP contribution in [0, 0.1) is 3.95 Å². The summed E-state index contributed by atoms with van der Waals surface area (Å²) in [7, 11) is -3.25. The number of benzene rings is 1. The molecule has 0 fully saturated rings. The number of halogens is 1. The van der Waals surface area contributed by atoms with Gasteiger partial charge >= 0.3 is 0 Å². The third-order valence-electron chi connectivity index (χ3n) is 2.13. The number of H-pyrrole nitrogens is 1. The van der Waals surface area contributed by atoms with Gasteiger partial charge in [-0.25, -0.2) is 8.42 Å². The van der Waals surface area contributed by atoms with Crippen LogP contribution in [0.15, 0.2) is 24.3 Å². The van der Waals surface area contributed by atoms with Crippen LogP contribution in [0.1, 0.15) is 10.6 Å². The van der Waals surface area contributed by atoms with Gasteiger partial charge in [0.25, 0.3) is 0 Å². The highest BCUT2D eigenvalue weighted by Gasteiger charge is 2.15. The largest absolute Gasteiger partial charge is 0.258 e. The van der Waals surface area contributed by atoms with Gasteiger partial charge in [0.05, 0.1) is 5.75 Å². The molecule has 96 valence electrons. The summed E-state index contributed by atoms with van der Waals surface area (Å²) in [6.45, 7) is 0. The first-order chi connectivity index (χ1) is 8.44. The van der Waals surface area contributed by atoms with E-state index in [2.05, 4.69) is 10.2 Å². The molecule has 2 rings (SSSR count). The van der Waals surface area contributed by atoms with Crippen molar-refractivity contribution in [2.24, 2.45) is 0 Å². The number of nitrogens with zero attached hydrogens (tertiary/aromatic N) is 1. The number of aromatic amines is 1. The Bertz CT molecular complexity index is 688. The van der Waals surface area contributed by atoms with E-state index in [-0.39, 0.29) is 11.5 Å². The second kappa shape index (κ2) is 5.48. The summed E-state index contributed by atoms with van der Waals surface area (Å²) in [6, 6.07) is 6.74. The molecule has 1 aromatic heterocycles. The lowest BCUT2D eigenvalue weighted by Gasteiger charge is -2.02. The van der Waals surface area contributed by atoms with Gasteiger partial charge in [-0.3, -0.25) is 5.10 Å². The van der Waals surface area contributed by atoms with Gasteiger partial charge < -0.3 is 0 Å². The number of nitrogens with one attached hydrogen (secondary N) is 1. The summed E-state index contributed by atoms with van der Waals surface area (Å²) < 4.78 is 24.4. The Kier molecular flexibility index (Phi) is 4.16. The number of hydrogen-bond acceptors (Lipinski definition) is 5. The van der Waals surface area contributed by atoms with Gasteiger partial charge in [0.1, 0.15) is 10.8 Å². The molecule has 0 saturated heterocycles. The summed E-state index contributed by atoms with van der Waals surface area (Å²) in [6.07, 6.45) is 0. The highest BCUT2D eigenvalue weighted by Crippen LogP contribution is 2.16. The van der Waals surface area contributed by atoms with E-state index in [9.17, 15) is 8.42 Å². The predicted molar refractivity (Wildman–Crippen MR) is 75.1 cm³/mol. The Morgan fingerprint density at radius 2 is 1.94 bits per heavy atom. The van der Waals surface area contributed by atoms with Gasteiger partial charge in [-0.2, -0.15) is 5.10 Å². The third kappa shape index (κ3) is 3.88. The minimum absolute atomic E-state index is 0.0312. The molecule has 0 spiro atoms. The monoisotopic (exact) mass is 320 g/mol. The van der Waals surface area contributed by atoms with Gasteiger partial charge in [-0.05, 0) is 29.9 Å². The normalized spacial score (nSPS) is 11.6. The summed E-state index contributed by atoms with van der Waals surface area (Å²) >= 11 is 11.8. The van der Waals surface area contributed by atoms with E-state index in [1.165, 1.54) is 11.3 Å². The molecule has 0 saturated carbocycles. The second-order valence-electron chi connectivity index (χ2n) is 3.67. The van der Waals surface area contributed by atoms with Crippen LogP contribution in [0.4, 0.5) is 0 Å². The molecule has 0 bridgehead atoms. The fourth-order valence-corrected chi connectivity index (χ4v) is 4.27. The van der Waals surface area contributed by atoms with E-state index in [1.807, 2.05) is 0 Å². The average Bonchev–Trinajstić information content (AvgIpc) is 2.66. The molecule has 0 amide bonds. The topological polar surface area (TPSA) is 62.8 Å². The molecule has 0 radical (unpaired) electrons. The van der Waals surface area contributed by atoms with E-state index in [0.717, 1.165) is 0 Å². The van der Waals surface area contributed by atoms with Gasteiger partial charge in [-0.1, -0.05) is 35.1 Å². The van der Waals surface area contributed by atoms with Crippen molar-refractivity contribution in [3.63, 3.8) is 0 Å². The molecule has 18 heavy (non-hydrogen) atoms. The smallest absolute Gasteiger partial charge is 0.176 e. The van der Waals surface area contributed by atoms with Crippen LogP contribution in [0.3, 0.4) is 0 Å². The maximum atomic E-state index is 11.9. The Morgan fingerprint density at radius 3 is 2.50 bits per heavy atom. The quantitative estimate of drug-likeness (QED) is 0.880. The van der Waals surface area contributed by atoms with Crippen LogP contribution in [-0.4, -0.2) is 18.6 Å². The molecule has 0 aliphatic heterocycles. The summed E-state index contributed by atoms with van der Waals surface area (Å²) in [5.41, 5.74) is 0.707. The Labute approximate surface area is 119 Å². The van der Waals surface area contributed by atoms with Crippen molar-refractivity contribution in [3.8, 4) is 0 Å². The molecule has 4 nitrogen and oxygen atoms in total. The van der Waals surface area contributed by atoms with Crippen molar-refractivity contribution in [1.82, 2.24) is 10.2 Å². The minimum atomic E-state index is -3.25. The molecule has 1 N–H and O–H groups in total. The van der Waals surface area contributed by atoms with Crippen LogP contribution < -0.4 is 0 Å². The van der Waals surface area contributed by atoms with Crippen LogP contribution in [-0.2, 0) is 21.3 Å². The van der Waals surface area contributed by atoms with E-state index in [1.54, 1.807) is 24.3 Å². The molecular weight excluding hydrogens is 312 g/mol. The highest BCUT2D eigenvalue weighted by atomic mass is 35.5. The third-order valence-corrected chi connectivity index (χ3v) is 5.14. The molecule has 1 aromatic carbocycles. The lowest BCUT2D eigenvalue weighted by atomic mass is 10.2. The van der Waals surface area contributed by atoms with Crippen LogP contribution >= 0.6 is 35.2 Å². The van der Waals surface area contributed by atoms with Crippen molar-refractivity contribution in [2.75, 3.05) is 0 Å². The fourth-order valence-electron chi connectivity index (χ4n) is 1.40. The number of rotatable bonds is 4. The molecule has 0 unspecified atom stereocenters. The van der Waals surface area contributed by atoms with Crippen molar-refractivity contribution in [2.45, 2.75) is 11.5 Å². The first-order valence-corrected chi connectivity index (χ1v) is 8.36. The Hall–Kier alpha value is -0.760. The zero-order valence-corrected chi connectivity index (χ0v) is 12.3. The maximum absolute atomic E-state index is 11.9. The zero-order chi connectivity index (χ0) is 13.2. The SMILES string of the molecule is O=S(=O)(Cc1ccc(Cl)cc1)Cc1n[nH]c(=S)s1. The van der Waals surface area contributed by atoms with Crippen molar-refractivity contribution in [1.29, 1.82) is 0 Å². The molecule has 0 aliphatic carbocycles. The lowest BCUT2D eigenvalue weighted by molar-refractivity contribution is 0.594. The average molecular weight is 321 g/mol.